The molecular weight excluding hydrogens is 254 g/mol. The number of amides is 1. The Morgan fingerprint density at radius 3 is 2.95 bits per heavy atom. The van der Waals surface area contributed by atoms with Crippen molar-refractivity contribution < 1.29 is 9.53 Å². The summed E-state index contributed by atoms with van der Waals surface area (Å²) in [6.45, 7) is 0.446. The first kappa shape index (κ1) is 13.9. The Hall–Kier alpha value is -2.56. The topological polar surface area (TPSA) is 63.2 Å². The Kier molecular flexibility index (Phi) is 4.55. The van der Waals surface area contributed by atoms with E-state index in [-0.39, 0.29) is 5.91 Å². The minimum atomic E-state index is -0.139. The number of pyridine rings is 1. The fourth-order valence-corrected chi connectivity index (χ4v) is 1.85. The minimum Gasteiger partial charge on any atom is -0.497 e. The lowest BCUT2D eigenvalue weighted by Gasteiger charge is -2.09. The molecule has 5 nitrogen and oxygen atoms in total. The van der Waals surface area contributed by atoms with Crippen molar-refractivity contribution in [3.8, 4) is 5.75 Å². The van der Waals surface area contributed by atoms with Gasteiger partial charge in [-0.25, -0.2) is 0 Å². The predicted octanol–water partition coefficient (Wildman–Crippen LogP) is 2.06. The molecule has 0 aliphatic carbocycles. The van der Waals surface area contributed by atoms with Crippen molar-refractivity contribution in [2.75, 3.05) is 19.5 Å². The van der Waals surface area contributed by atoms with Gasteiger partial charge in [0.05, 0.1) is 24.6 Å². The number of carbonyl (C=O) groups excluding carboxylic acids is 1. The number of anilines is 1. The maximum absolute atomic E-state index is 12.1. The van der Waals surface area contributed by atoms with E-state index in [1.807, 2.05) is 24.3 Å². The molecule has 5 heteroatoms. The molecule has 1 aromatic heterocycles. The molecule has 104 valence electrons. The van der Waals surface area contributed by atoms with Crippen molar-refractivity contribution in [1.29, 1.82) is 0 Å². The Bertz CT molecular complexity index is 599. The summed E-state index contributed by atoms with van der Waals surface area (Å²) in [5.74, 6) is 0.635. The molecule has 0 saturated carbocycles. The van der Waals surface area contributed by atoms with Crippen LogP contribution in [0.25, 0.3) is 0 Å². The molecule has 0 atom stereocenters. The van der Waals surface area contributed by atoms with Crippen molar-refractivity contribution in [2.24, 2.45) is 0 Å². The molecule has 0 saturated heterocycles. The quantitative estimate of drug-likeness (QED) is 0.873. The first-order valence-corrected chi connectivity index (χ1v) is 6.27. The van der Waals surface area contributed by atoms with Gasteiger partial charge in [0.15, 0.2) is 0 Å². The number of nitrogens with one attached hydrogen (secondary N) is 2. The van der Waals surface area contributed by atoms with E-state index in [1.165, 1.54) is 0 Å². The third kappa shape index (κ3) is 3.26. The molecule has 0 unspecified atom stereocenters. The van der Waals surface area contributed by atoms with Crippen LogP contribution >= 0.6 is 0 Å². The first-order valence-electron chi connectivity index (χ1n) is 6.27. The van der Waals surface area contributed by atoms with Crippen molar-refractivity contribution >= 4 is 11.6 Å². The molecule has 0 bridgehead atoms. The standard InChI is InChI=1S/C15H17N3O2/c1-16-14-10-17-7-6-13(14)15(19)18-9-11-4-3-5-12(8-11)20-2/h3-8,10,16H,9H2,1-2H3,(H,18,19). The highest BCUT2D eigenvalue weighted by atomic mass is 16.5. The zero-order valence-electron chi connectivity index (χ0n) is 11.5. The number of ether oxygens (including phenoxy) is 1. The summed E-state index contributed by atoms with van der Waals surface area (Å²) in [4.78, 5) is 16.1. The third-order valence-corrected chi connectivity index (χ3v) is 2.92. The van der Waals surface area contributed by atoms with E-state index < -0.39 is 0 Å². The zero-order chi connectivity index (χ0) is 14.4. The molecule has 1 aromatic carbocycles. The molecule has 1 amide bonds. The van der Waals surface area contributed by atoms with Gasteiger partial charge in [-0.3, -0.25) is 9.78 Å². The largest absolute Gasteiger partial charge is 0.497 e. The fourth-order valence-electron chi connectivity index (χ4n) is 1.85. The first-order chi connectivity index (χ1) is 9.74. The molecule has 0 spiro atoms. The fraction of sp³-hybridized carbons (Fsp3) is 0.200. The SMILES string of the molecule is CNc1cnccc1C(=O)NCc1cccc(OC)c1. The van der Waals surface area contributed by atoms with Gasteiger partial charge >= 0.3 is 0 Å². The molecule has 0 fully saturated rings. The second-order valence-electron chi connectivity index (χ2n) is 4.21. The van der Waals surface area contributed by atoms with Crippen LogP contribution in [0.5, 0.6) is 5.75 Å². The van der Waals surface area contributed by atoms with Crippen molar-refractivity contribution in [3.05, 3.63) is 53.9 Å². The Labute approximate surface area is 118 Å². The molecule has 2 N–H and O–H groups in total. The highest BCUT2D eigenvalue weighted by Crippen LogP contribution is 2.14. The number of carbonyl (C=O) groups is 1. The number of benzene rings is 1. The van der Waals surface area contributed by atoms with Crippen LogP contribution in [0.4, 0.5) is 5.69 Å². The van der Waals surface area contributed by atoms with Crippen LogP contribution in [0.3, 0.4) is 0 Å². The van der Waals surface area contributed by atoms with E-state index in [9.17, 15) is 4.79 Å². The van der Waals surface area contributed by atoms with Gasteiger partial charge in [0.2, 0.25) is 0 Å². The second-order valence-corrected chi connectivity index (χ2v) is 4.21. The maximum Gasteiger partial charge on any atom is 0.253 e. The highest BCUT2D eigenvalue weighted by Gasteiger charge is 2.10. The van der Waals surface area contributed by atoms with Gasteiger partial charge in [-0.05, 0) is 23.8 Å². The Morgan fingerprint density at radius 2 is 2.20 bits per heavy atom. The number of rotatable bonds is 5. The van der Waals surface area contributed by atoms with E-state index in [0.29, 0.717) is 17.8 Å². The van der Waals surface area contributed by atoms with Crippen LogP contribution in [-0.4, -0.2) is 25.0 Å². The average molecular weight is 271 g/mol. The summed E-state index contributed by atoms with van der Waals surface area (Å²) >= 11 is 0. The second kappa shape index (κ2) is 6.56. The molecule has 20 heavy (non-hydrogen) atoms. The summed E-state index contributed by atoms with van der Waals surface area (Å²) in [6, 6.07) is 9.28. The zero-order valence-corrected chi connectivity index (χ0v) is 11.5. The van der Waals surface area contributed by atoms with Gasteiger partial charge in [0, 0.05) is 19.8 Å². The Morgan fingerprint density at radius 1 is 1.35 bits per heavy atom. The lowest BCUT2D eigenvalue weighted by molar-refractivity contribution is 0.0951. The lowest BCUT2D eigenvalue weighted by atomic mass is 10.2. The molecule has 0 aliphatic heterocycles. The van der Waals surface area contributed by atoms with Crippen molar-refractivity contribution in [1.82, 2.24) is 10.3 Å². The van der Waals surface area contributed by atoms with Gasteiger partial charge in [-0.2, -0.15) is 0 Å². The minimum absolute atomic E-state index is 0.139. The van der Waals surface area contributed by atoms with Gasteiger partial charge in [-0.1, -0.05) is 12.1 Å². The summed E-state index contributed by atoms with van der Waals surface area (Å²) in [7, 11) is 3.38. The van der Waals surface area contributed by atoms with E-state index in [4.69, 9.17) is 4.74 Å². The molecule has 0 radical (unpaired) electrons. The predicted molar refractivity (Wildman–Crippen MR) is 77.9 cm³/mol. The van der Waals surface area contributed by atoms with Gasteiger partial charge < -0.3 is 15.4 Å². The van der Waals surface area contributed by atoms with Gasteiger partial charge in [0.1, 0.15) is 5.75 Å². The van der Waals surface area contributed by atoms with E-state index in [0.717, 1.165) is 11.3 Å². The summed E-state index contributed by atoms with van der Waals surface area (Å²) < 4.78 is 5.15. The van der Waals surface area contributed by atoms with Gasteiger partial charge in [-0.15, -0.1) is 0 Å². The smallest absolute Gasteiger partial charge is 0.253 e. The third-order valence-electron chi connectivity index (χ3n) is 2.92. The van der Waals surface area contributed by atoms with Crippen LogP contribution in [0.15, 0.2) is 42.7 Å². The normalized spacial score (nSPS) is 9.90. The number of hydrogen-bond donors (Lipinski definition) is 2. The molecule has 2 rings (SSSR count). The van der Waals surface area contributed by atoms with Crippen LogP contribution in [0, 0.1) is 0 Å². The lowest BCUT2D eigenvalue weighted by Crippen LogP contribution is -2.23. The summed E-state index contributed by atoms with van der Waals surface area (Å²) in [6.07, 6.45) is 3.22. The number of nitrogens with zero attached hydrogens (tertiary/aromatic N) is 1. The molecule has 1 heterocycles. The summed E-state index contributed by atoms with van der Waals surface area (Å²) in [5.41, 5.74) is 2.26. The van der Waals surface area contributed by atoms with Crippen molar-refractivity contribution in [3.63, 3.8) is 0 Å². The van der Waals surface area contributed by atoms with Gasteiger partial charge in [0.25, 0.3) is 5.91 Å². The summed E-state index contributed by atoms with van der Waals surface area (Å²) in [5, 5.41) is 5.83. The van der Waals surface area contributed by atoms with Crippen LogP contribution in [0.2, 0.25) is 0 Å². The maximum atomic E-state index is 12.1. The molecule has 0 aliphatic rings. The Balaban J connectivity index is 2.04. The van der Waals surface area contributed by atoms with E-state index in [2.05, 4.69) is 15.6 Å². The molecular formula is C15H17N3O2. The monoisotopic (exact) mass is 271 g/mol. The van der Waals surface area contributed by atoms with E-state index in [1.54, 1.807) is 32.6 Å². The average Bonchev–Trinajstić information content (AvgIpc) is 2.52. The van der Waals surface area contributed by atoms with Crippen LogP contribution in [0.1, 0.15) is 15.9 Å². The van der Waals surface area contributed by atoms with Crippen molar-refractivity contribution in [2.45, 2.75) is 6.54 Å². The number of aromatic nitrogens is 1. The highest BCUT2D eigenvalue weighted by molar-refractivity contribution is 5.99. The number of hydrogen-bond acceptors (Lipinski definition) is 4. The van der Waals surface area contributed by atoms with Crippen LogP contribution < -0.4 is 15.4 Å². The number of methoxy groups -OCH3 is 1. The van der Waals surface area contributed by atoms with E-state index >= 15 is 0 Å². The molecule has 2 aromatic rings. The van der Waals surface area contributed by atoms with Crippen LogP contribution in [-0.2, 0) is 6.54 Å².